The molecule has 0 unspecified atom stereocenters. The van der Waals surface area contributed by atoms with E-state index < -0.39 is 0 Å². The molecule has 132 valence electrons. The topological polar surface area (TPSA) is 93.7 Å². The Morgan fingerprint density at radius 3 is 2.33 bits per heavy atom. The van der Waals surface area contributed by atoms with Gasteiger partial charge in [-0.2, -0.15) is 0 Å². The highest BCUT2D eigenvalue weighted by atomic mass is 16.5. The third-order valence-electron chi connectivity index (χ3n) is 3.18. The molecule has 0 aliphatic carbocycles. The van der Waals surface area contributed by atoms with Crippen LogP contribution in [-0.2, 0) is 25.7 Å². The Balaban J connectivity index is 2.16. The summed E-state index contributed by atoms with van der Waals surface area (Å²) in [5.74, 6) is -0.105. The molecular weight excluding hydrogens is 312 g/mol. The van der Waals surface area contributed by atoms with Crippen LogP contribution in [0.4, 0.5) is 0 Å². The number of esters is 1. The first-order chi connectivity index (χ1) is 11.5. The van der Waals surface area contributed by atoms with E-state index in [-0.39, 0.29) is 37.2 Å². The summed E-state index contributed by atoms with van der Waals surface area (Å²) in [6.07, 6.45) is 0.785. The molecule has 0 aliphatic rings. The Labute approximate surface area is 141 Å². The van der Waals surface area contributed by atoms with Crippen LogP contribution in [0, 0.1) is 0 Å². The summed E-state index contributed by atoms with van der Waals surface area (Å²) in [4.78, 5) is 34.4. The Morgan fingerprint density at radius 1 is 1.00 bits per heavy atom. The van der Waals surface area contributed by atoms with Gasteiger partial charge in [-0.3, -0.25) is 14.4 Å². The van der Waals surface area contributed by atoms with Crippen molar-refractivity contribution in [3.05, 3.63) is 29.8 Å². The lowest BCUT2D eigenvalue weighted by Crippen LogP contribution is -2.36. The maximum Gasteiger partial charge on any atom is 0.305 e. The van der Waals surface area contributed by atoms with Gasteiger partial charge in [0.15, 0.2) is 0 Å². The summed E-state index contributed by atoms with van der Waals surface area (Å²) >= 11 is 0. The SMILES string of the molecule is CCOC(=O)CCCC(=O)NCC(=O)NCc1ccc(OC)cc1. The monoisotopic (exact) mass is 336 g/mol. The quantitative estimate of drug-likeness (QED) is 0.625. The highest BCUT2D eigenvalue weighted by Gasteiger charge is 2.07. The molecule has 0 bridgehead atoms. The fraction of sp³-hybridized carbons (Fsp3) is 0.471. The number of rotatable bonds is 10. The summed E-state index contributed by atoms with van der Waals surface area (Å²) in [7, 11) is 1.59. The maximum absolute atomic E-state index is 11.7. The van der Waals surface area contributed by atoms with Gasteiger partial charge in [-0.1, -0.05) is 12.1 Å². The van der Waals surface area contributed by atoms with Gasteiger partial charge >= 0.3 is 5.97 Å². The third kappa shape index (κ3) is 8.17. The number of hydrogen-bond donors (Lipinski definition) is 2. The first kappa shape index (κ1) is 19.5. The largest absolute Gasteiger partial charge is 0.497 e. The molecule has 0 atom stereocenters. The van der Waals surface area contributed by atoms with E-state index in [1.165, 1.54) is 0 Å². The Kier molecular flexibility index (Phi) is 8.96. The lowest BCUT2D eigenvalue weighted by atomic mass is 10.2. The van der Waals surface area contributed by atoms with E-state index in [1.807, 2.05) is 24.3 Å². The summed E-state index contributed by atoms with van der Waals surface area (Å²) in [5.41, 5.74) is 0.935. The molecule has 1 aromatic carbocycles. The van der Waals surface area contributed by atoms with Crippen LogP contribution in [0.2, 0.25) is 0 Å². The lowest BCUT2D eigenvalue weighted by molar-refractivity contribution is -0.143. The predicted molar refractivity (Wildman–Crippen MR) is 88.3 cm³/mol. The van der Waals surface area contributed by atoms with Crippen molar-refractivity contribution in [2.75, 3.05) is 20.3 Å². The molecule has 0 aromatic heterocycles. The number of hydrogen-bond acceptors (Lipinski definition) is 5. The average Bonchev–Trinajstić information content (AvgIpc) is 2.58. The van der Waals surface area contributed by atoms with E-state index in [0.717, 1.165) is 11.3 Å². The van der Waals surface area contributed by atoms with Crippen LogP contribution in [0.25, 0.3) is 0 Å². The molecular formula is C17H24N2O5. The van der Waals surface area contributed by atoms with Gasteiger partial charge in [-0.05, 0) is 31.0 Å². The van der Waals surface area contributed by atoms with Crippen LogP contribution in [0.1, 0.15) is 31.7 Å². The fourth-order valence-corrected chi connectivity index (χ4v) is 1.90. The van der Waals surface area contributed by atoms with Crippen LogP contribution in [0.15, 0.2) is 24.3 Å². The maximum atomic E-state index is 11.7. The van der Waals surface area contributed by atoms with Gasteiger partial charge in [0.2, 0.25) is 11.8 Å². The number of ether oxygens (including phenoxy) is 2. The minimum atomic E-state index is -0.317. The second-order valence-corrected chi connectivity index (χ2v) is 5.06. The molecule has 0 radical (unpaired) electrons. The molecule has 0 spiro atoms. The molecule has 2 amide bonds. The first-order valence-electron chi connectivity index (χ1n) is 7.87. The molecule has 0 saturated carbocycles. The zero-order chi connectivity index (χ0) is 17.8. The molecule has 1 rings (SSSR count). The van der Waals surface area contributed by atoms with Crippen molar-refractivity contribution in [3.63, 3.8) is 0 Å². The van der Waals surface area contributed by atoms with Crippen molar-refractivity contribution in [3.8, 4) is 5.75 Å². The van der Waals surface area contributed by atoms with Crippen LogP contribution in [-0.4, -0.2) is 38.0 Å². The Morgan fingerprint density at radius 2 is 1.71 bits per heavy atom. The van der Waals surface area contributed by atoms with E-state index in [0.29, 0.717) is 19.6 Å². The second kappa shape index (κ2) is 11.0. The van der Waals surface area contributed by atoms with Crippen LogP contribution >= 0.6 is 0 Å². The van der Waals surface area contributed by atoms with Crippen LogP contribution in [0.5, 0.6) is 5.75 Å². The Bertz CT molecular complexity index is 542. The van der Waals surface area contributed by atoms with E-state index in [9.17, 15) is 14.4 Å². The fourth-order valence-electron chi connectivity index (χ4n) is 1.90. The van der Waals surface area contributed by atoms with Crippen molar-refractivity contribution in [2.45, 2.75) is 32.7 Å². The molecule has 2 N–H and O–H groups in total. The van der Waals surface area contributed by atoms with E-state index >= 15 is 0 Å². The number of benzene rings is 1. The number of carbonyl (C=O) groups excluding carboxylic acids is 3. The molecule has 0 saturated heterocycles. The van der Waals surface area contributed by atoms with Gasteiger partial charge in [0.05, 0.1) is 20.3 Å². The summed E-state index contributed by atoms with van der Waals surface area (Å²) in [6.45, 7) is 2.35. The highest BCUT2D eigenvalue weighted by molar-refractivity contribution is 5.84. The number of carbonyl (C=O) groups is 3. The van der Waals surface area contributed by atoms with Gasteiger partial charge in [-0.15, -0.1) is 0 Å². The summed E-state index contributed by atoms with van der Waals surface area (Å²) in [5, 5.41) is 5.23. The third-order valence-corrected chi connectivity index (χ3v) is 3.18. The zero-order valence-corrected chi connectivity index (χ0v) is 14.1. The normalized spacial score (nSPS) is 9.92. The van der Waals surface area contributed by atoms with Gasteiger partial charge in [0.25, 0.3) is 0 Å². The van der Waals surface area contributed by atoms with Crippen molar-refractivity contribution < 1.29 is 23.9 Å². The van der Waals surface area contributed by atoms with Crippen molar-refractivity contribution in [1.82, 2.24) is 10.6 Å². The lowest BCUT2D eigenvalue weighted by Gasteiger charge is -2.08. The molecule has 24 heavy (non-hydrogen) atoms. The molecule has 1 aromatic rings. The van der Waals surface area contributed by atoms with Crippen LogP contribution in [0.3, 0.4) is 0 Å². The van der Waals surface area contributed by atoms with Gasteiger partial charge in [-0.25, -0.2) is 0 Å². The first-order valence-corrected chi connectivity index (χ1v) is 7.87. The number of nitrogens with one attached hydrogen (secondary N) is 2. The Hall–Kier alpha value is -2.57. The van der Waals surface area contributed by atoms with E-state index in [4.69, 9.17) is 9.47 Å². The zero-order valence-electron chi connectivity index (χ0n) is 14.1. The summed E-state index contributed by atoms with van der Waals surface area (Å²) < 4.78 is 9.82. The summed E-state index contributed by atoms with van der Waals surface area (Å²) in [6, 6.07) is 7.33. The predicted octanol–water partition coefficient (Wildman–Crippen LogP) is 1.16. The molecule has 0 fully saturated rings. The molecule has 0 heterocycles. The standard InChI is InChI=1S/C17H24N2O5/c1-3-24-17(22)6-4-5-15(20)19-12-16(21)18-11-13-7-9-14(23-2)10-8-13/h7-10H,3-6,11-12H2,1-2H3,(H,18,21)(H,19,20). The smallest absolute Gasteiger partial charge is 0.305 e. The van der Waals surface area contributed by atoms with Gasteiger partial charge in [0.1, 0.15) is 5.75 Å². The molecule has 7 nitrogen and oxygen atoms in total. The minimum absolute atomic E-state index is 0.0889. The van der Waals surface area contributed by atoms with Gasteiger partial charge in [0, 0.05) is 19.4 Å². The van der Waals surface area contributed by atoms with E-state index in [1.54, 1.807) is 14.0 Å². The molecule has 7 heteroatoms. The van der Waals surface area contributed by atoms with E-state index in [2.05, 4.69) is 10.6 Å². The van der Waals surface area contributed by atoms with Crippen molar-refractivity contribution in [2.24, 2.45) is 0 Å². The molecule has 0 aliphatic heterocycles. The number of amides is 2. The number of methoxy groups -OCH3 is 1. The van der Waals surface area contributed by atoms with Crippen LogP contribution < -0.4 is 15.4 Å². The van der Waals surface area contributed by atoms with Gasteiger partial charge < -0.3 is 20.1 Å². The second-order valence-electron chi connectivity index (χ2n) is 5.06. The van der Waals surface area contributed by atoms with Crippen molar-refractivity contribution in [1.29, 1.82) is 0 Å². The van der Waals surface area contributed by atoms with Crippen molar-refractivity contribution >= 4 is 17.8 Å². The average molecular weight is 336 g/mol. The highest BCUT2D eigenvalue weighted by Crippen LogP contribution is 2.10. The minimum Gasteiger partial charge on any atom is -0.497 e.